The first-order valence-electron chi connectivity index (χ1n) is 5.02. The lowest BCUT2D eigenvalue weighted by Gasteiger charge is -2.58. The maximum atomic E-state index is 10.1. The second-order valence-electron chi connectivity index (χ2n) is 5.41. The Kier molecular flexibility index (Phi) is 1.15. The Morgan fingerprint density at radius 1 is 0.833 bits per heavy atom. The van der Waals surface area contributed by atoms with Gasteiger partial charge in [0.05, 0.1) is 11.2 Å². The second kappa shape index (κ2) is 1.88. The highest BCUT2D eigenvalue weighted by Gasteiger charge is 2.56. The molecule has 4 aliphatic carbocycles. The van der Waals surface area contributed by atoms with E-state index < -0.39 is 11.2 Å². The van der Waals surface area contributed by atoms with Crippen LogP contribution in [0.25, 0.3) is 0 Å². The molecule has 4 bridgehead atoms. The summed E-state index contributed by atoms with van der Waals surface area (Å²) in [6.45, 7) is 0. The van der Waals surface area contributed by atoms with Crippen molar-refractivity contribution in [2.45, 2.75) is 49.7 Å². The first-order chi connectivity index (χ1) is 5.57. The van der Waals surface area contributed by atoms with Gasteiger partial charge in [0.1, 0.15) is 0 Å². The van der Waals surface area contributed by atoms with Crippen molar-refractivity contribution in [2.75, 3.05) is 0 Å². The SMILES string of the molecule is OC12CC3CC(C1)CC(O)(C3)C2. The van der Waals surface area contributed by atoms with Crippen molar-refractivity contribution in [2.24, 2.45) is 11.8 Å². The van der Waals surface area contributed by atoms with E-state index in [0.29, 0.717) is 18.3 Å². The molecular weight excluding hydrogens is 152 g/mol. The van der Waals surface area contributed by atoms with Gasteiger partial charge >= 0.3 is 0 Å². The van der Waals surface area contributed by atoms with Crippen molar-refractivity contribution in [3.63, 3.8) is 0 Å². The van der Waals surface area contributed by atoms with E-state index in [9.17, 15) is 10.2 Å². The highest BCUT2D eigenvalue weighted by atomic mass is 16.3. The minimum Gasteiger partial charge on any atom is -0.390 e. The van der Waals surface area contributed by atoms with E-state index in [1.165, 1.54) is 6.42 Å². The number of rotatable bonds is 0. The number of hydrogen-bond donors (Lipinski definition) is 2. The molecule has 4 rings (SSSR count). The topological polar surface area (TPSA) is 40.5 Å². The van der Waals surface area contributed by atoms with Gasteiger partial charge in [-0.25, -0.2) is 0 Å². The Bertz CT molecular complexity index is 190. The first-order valence-corrected chi connectivity index (χ1v) is 5.02. The fourth-order valence-electron chi connectivity index (χ4n) is 4.17. The number of hydrogen-bond acceptors (Lipinski definition) is 2. The van der Waals surface area contributed by atoms with Gasteiger partial charge in [-0.05, 0) is 43.9 Å². The van der Waals surface area contributed by atoms with E-state index in [4.69, 9.17) is 0 Å². The molecule has 0 aromatic heterocycles. The van der Waals surface area contributed by atoms with Crippen molar-refractivity contribution in [1.82, 2.24) is 0 Å². The van der Waals surface area contributed by atoms with Gasteiger partial charge in [0.2, 0.25) is 0 Å². The molecule has 0 spiro atoms. The minimum absolute atomic E-state index is 0.487. The summed E-state index contributed by atoms with van der Waals surface area (Å²) in [4.78, 5) is 0. The predicted octanol–water partition coefficient (Wildman–Crippen LogP) is 1.06. The van der Waals surface area contributed by atoms with E-state index >= 15 is 0 Å². The van der Waals surface area contributed by atoms with Gasteiger partial charge in [-0.3, -0.25) is 0 Å². The second-order valence-corrected chi connectivity index (χ2v) is 5.41. The third-order valence-corrected chi connectivity index (χ3v) is 4.00. The molecule has 0 heterocycles. The molecule has 2 heteroatoms. The van der Waals surface area contributed by atoms with Crippen LogP contribution in [-0.2, 0) is 0 Å². The fourth-order valence-corrected chi connectivity index (χ4v) is 4.17. The summed E-state index contributed by atoms with van der Waals surface area (Å²) in [5.41, 5.74) is -0.975. The summed E-state index contributed by atoms with van der Waals surface area (Å²) < 4.78 is 0. The van der Waals surface area contributed by atoms with Crippen LogP contribution in [0.5, 0.6) is 0 Å². The highest BCUT2D eigenvalue weighted by molar-refractivity contribution is 5.08. The molecule has 0 atom stereocenters. The Morgan fingerprint density at radius 2 is 1.25 bits per heavy atom. The molecule has 0 radical (unpaired) electrons. The van der Waals surface area contributed by atoms with Crippen LogP contribution in [0.15, 0.2) is 0 Å². The molecule has 0 saturated heterocycles. The van der Waals surface area contributed by atoms with Crippen LogP contribution in [0.4, 0.5) is 0 Å². The quantitative estimate of drug-likeness (QED) is 0.568. The molecule has 4 aliphatic rings. The zero-order valence-corrected chi connectivity index (χ0v) is 7.29. The highest BCUT2D eigenvalue weighted by Crippen LogP contribution is 2.57. The normalized spacial score (nSPS) is 62.5. The Labute approximate surface area is 72.6 Å². The maximum Gasteiger partial charge on any atom is 0.0680 e. The molecular formula is C10H16O2. The third-order valence-electron chi connectivity index (χ3n) is 4.00. The lowest BCUT2D eigenvalue weighted by Crippen LogP contribution is -2.58. The number of aliphatic hydroxyl groups is 2. The molecule has 2 nitrogen and oxygen atoms in total. The zero-order chi connectivity index (χ0) is 8.40. The third kappa shape index (κ3) is 0.882. The lowest BCUT2D eigenvalue weighted by atomic mass is 9.52. The summed E-state index contributed by atoms with van der Waals surface area (Å²) in [5.74, 6) is 1.22. The Hall–Kier alpha value is -0.0800. The molecule has 12 heavy (non-hydrogen) atoms. The summed E-state index contributed by atoms with van der Waals surface area (Å²) in [6, 6.07) is 0. The maximum absolute atomic E-state index is 10.1. The molecule has 0 amide bonds. The minimum atomic E-state index is -0.487. The van der Waals surface area contributed by atoms with Gasteiger partial charge in [0.15, 0.2) is 0 Å². The van der Waals surface area contributed by atoms with Crippen molar-refractivity contribution in [3.8, 4) is 0 Å². The van der Waals surface area contributed by atoms with E-state index in [0.717, 1.165) is 25.7 Å². The van der Waals surface area contributed by atoms with Gasteiger partial charge in [-0.2, -0.15) is 0 Å². The van der Waals surface area contributed by atoms with Gasteiger partial charge in [-0.1, -0.05) is 0 Å². The van der Waals surface area contributed by atoms with Gasteiger partial charge in [0, 0.05) is 6.42 Å². The van der Waals surface area contributed by atoms with Gasteiger partial charge in [-0.15, -0.1) is 0 Å². The van der Waals surface area contributed by atoms with Crippen LogP contribution in [0.1, 0.15) is 38.5 Å². The monoisotopic (exact) mass is 168 g/mol. The molecule has 0 aliphatic heterocycles. The van der Waals surface area contributed by atoms with Crippen molar-refractivity contribution >= 4 is 0 Å². The predicted molar refractivity (Wildman–Crippen MR) is 44.6 cm³/mol. The molecule has 4 saturated carbocycles. The van der Waals surface area contributed by atoms with Gasteiger partial charge < -0.3 is 10.2 Å². The van der Waals surface area contributed by atoms with Crippen LogP contribution in [0, 0.1) is 11.8 Å². The van der Waals surface area contributed by atoms with E-state index in [1.54, 1.807) is 0 Å². The zero-order valence-electron chi connectivity index (χ0n) is 7.29. The largest absolute Gasteiger partial charge is 0.390 e. The Balaban J connectivity index is 1.98. The molecule has 0 aromatic carbocycles. The van der Waals surface area contributed by atoms with Crippen LogP contribution in [0.2, 0.25) is 0 Å². The summed E-state index contributed by atoms with van der Waals surface area (Å²) in [5, 5.41) is 20.2. The van der Waals surface area contributed by atoms with Crippen LogP contribution in [-0.4, -0.2) is 21.4 Å². The average Bonchev–Trinajstić information content (AvgIpc) is 1.75. The average molecular weight is 168 g/mol. The van der Waals surface area contributed by atoms with Crippen molar-refractivity contribution in [3.05, 3.63) is 0 Å². The summed E-state index contributed by atoms with van der Waals surface area (Å²) in [7, 11) is 0. The lowest BCUT2D eigenvalue weighted by molar-refractivity contribution is -0.198. The van der Waals surface area contributed by atoms with E-state index in [2.05, 4.69) is 0 Å². The molecule has 68 valence electrons. The Morgan fingerprint density at radius 3 is 1.58 bits per heavy atom. The van der Waals surface area contributed by atoms with E-state index in [-0.39, 0.29) is 0 Å². The summed E-state index contributed by atoms with van der Waals surface area (Å²) in [6.07, 6.45) is 5.70. The molecule has 0 unspecified atom stereocenters. The molecule has 0 aromatic rings. The van der Waals surface area contributed by atoms with Gasteiger partial charge in [0.25, 0.3) is 0 Å². The smallest absolute Gasteiger partial charge is 0.0680 e. The molecule has 4 fully saturated rings. The van der Waals surface area contributed by atoms with Crippen molar-refractivity contribution in [1.29, 1.82) is 0 Å². The fraction of sp³-hybridized carbons (Fsp3) is 1.00. The standard InChI is InChI=1S/C10H16O2/c11-9-2-7-1-8(4-9)5-10(12,3-7)6-9/h7-8,11-12H,1-6H2. The first kappa shape index (κ1) is 7.34. The van der Waals surface area contributed by atoms with Crippen molar-refractivity contribution < 1.29 is 10.2 Å². The summed E-state index contributed by atoms with van der Waals surface area (Å²) >= 11 is 0. The van der Waals surface area contributed by atoms with Crippen LogP contribution < -0.4 is 0 Å². The van der Waals surface area contributed by atoms with E-state index in [1.807, 2.05) is 0 Å². The van der Waals surface area contributed by atoms with Crippen LogP contribution in [0.3, 0.4) is 0 Å². The van der Waals surface area contributed by atoms with Crippen LogP contribution >= 0.6 is 0 Å². The molecule has 2 N–H and O–H groups in total.